The predicted octanol–water partition coefficient (Wildman–Crippen LogP) is 4.53. The number of pyridine rings is 1. The zero-order valence-electron chi connectivity index (χ0n) is 15.8. The lowest BCUT2D eigenvalue weighted by Crippen LogP contribution is -2.23. The number of likely N-dealkylation sites (tertiary alicyclic amines) is 1. The van der Waals surface area contributed by atoms with Crippen LogP contribution in [0.25, 0.3) is 11.4 Å². The van der Waals surface area contributed by atoms with Crippen LogP contribution >= 0.6 is 0 Å². The van der Waals surface area contributed by atoms with Gasteiger partial charge < -0.3 is 9.84 Å². The quantitative estimate of drug-likeness (QED) is 0.675. The van der Waals surface area contributed by atoms with Crippen molar-refractivity contribution in [1.29, 1.82) is 0 Å². The molecule has 152 valence electrons. The highest BCUT2D eigenvalue weighted by Crippen LogP contribution is 2.34. The topological polar surface area (TPSA) is 67.1 Å². The highest BCUT2D eigenvalue weighted by molar-refractivity contribution is 5.55. The van der Waals surface area contributed by atoms with Crippen LogP contribution in [-0.4, -0.2) is 33.6 Å². The number of alkyl halides is 3. The first-order chi connectivity index (χ1) is 13.9. The summed E-state index contributed by atoms with van der Waals surface area (Å²) in [4.78, 5) is 10.9. The van der Waals surface area contributed by atoms with Gasteiger partial charge in [0.2, 0.25) is 11.7 Å². The summed E-state index contributed by atoms with van der Waals surface area (Å²) in [6.07, 6.45) is -0.829. The Kier molecular flexibility index (Phi) is 5.23. The zero-order valence-corrected chi connectivity index (χ0v) is 15.8. The van der Waals surface area contributed by atoms with Gasteiger partial charge in [0, 0.05) is 25.4 Å². The number of aromatic nitrogens is 3. The Bertz CT molecular complexity index is 953. The minimum Gasteiger partial charge on any atom is -0.373 e. The molecule has 1 fully saturated rings. The van der Waals surface area contributed by atoms with Crippen LogP contribution in [0.1, 0.15) is 35.9 Å². The molecule has 6 nitrogen and oxygen atoms in total. The standard InChI is InChI=1S/C20H20F3N5O/c1-24-17-9-6-14(11-25-17)18-26-19(29-27-18)16-3-2-10-28(16)12-13-4-7-15(8-5-13)20(21,22)23/h4-9,11,16H,2-3,10,12H2,1H3,(H,24,25)/t16-/m1/s1. The van der Waals surface area contributed by atoms with E-state index in [2.05, 4.69) is 25.3 Å². The lowest BCUT2D eigenvalue weighted by Gasteiger charge is -2.21. The van der Waals surface area contributed by atoms with Crippen LogP contribution in [0.15, 0.2) is 47.1 Å². The Labute approximate surface area is 165 Å². The molecule has 0 aliphatic carbocycles. The molecule has 4 rings (SSSR count). The van der Waals surface area contributed by atoms with Crippen molar-refractivity contribution in [3.8, 4) is 11.4 Å². The number of anilines is 1. The van der Waals surface area contributed by atoms with Crippen molar-refractivity contribution in [3.05, 3.63) is 59.6 Å². The number of nitrogens with zero attached hydrogens (tertiary/aromatic N) is 4. The summed E-state index contributed by atoms with van der Waals surface area (Å²) in [5, 5.41) is 7.02. The van der Waals surface area contributed by atoms with Crippen molar-refractivity contribution in [2.45, 2.75) is 31.6 Å². The van der Waals surface area contributed by atoms with Crippen molar-refractivity contribution in [2.24, 2.45) is 0 Å². The molecule has 0 saturated carbocycles. The van der Waals surface area contributed by atoms with Gasteiger partial charge in [-0.1, -0.05) is 17.3 Å². The van der Waals surface area contributed by atoms with Crippen LogP contribution < -0.4 is 5.32 Å². The van der Waals surface area contributed by atoms with Crippen LogP contribution in [0.3, 0.4) is 0 Å². The van der Waals surface area contributed by atoms with Gasteiger partial charge in [0.1, 0.15) is 5.82 Å². The minimum atomic E-state index is -4.32. The molecule has 1 N–H and O–H groups in total. The Balaban J connectivity index is 1.48. The highest BCUT2D eigenvalue weighted by Gasteiger charge is 2.32. The first kappa shape index (κ1) is 19.4. The normalized spacial score (nSPS) is 17.6. The van der Waals surface area contributed by atoms with Gasteiger partial charge in [-0.25, -0.2) is 4.98 Å². The smallest absolute Gasteiger partial charge is 0.373 e. The summed E-state index contributed by atoms with van der Waals surface area (Å²) in [5.41, 5.74) is 0.932. The van der Waals surface area contributed by atoms with Crippen molar-refractivity contribution in [3.63, 3.8) is 0 Å². The molecule has 0 unspecified atom stereocenters. The second-order valence-electron chi connectivity index (χ2n) is 6.96. The third kappa shape index (κ3) is 4.24. The average molecular weight is 403 g/mol. The van der Waals surface area contributed by atoms with Crippen molar-refractivity contribution in [1.82, 2.24) is 20.0 Å². The Hall–Kier alpha value is -2.94. The fraction of sp³-hybridized carbons (Fsp3) is 0.350. The van der Waals surface area contributed by atoms with E-state index in [9.17, 15) is 13.2 Å². The number of nitrogens with one attached hydrogen (secondary N) is 1. The number of rotatable bonds is 5. The zero-order chi connectivity index (χ0) is 20.4. The second-order valence-corrected chi connectivity index (χ2v) is 6.96. The lowest BCUT2D eigenvalue weighted by atomic mass is 10.1. The minimum absolute atomic E-state index is 0.0527. The summed E-state index contributed by atoms with van der Waals surface area (Å²) in [6.45, 7) is 1.35. The third-order valence-electron chi connectivity index (χ3n) is 5.04. The lowest BCUT2D eigenvalue weighted by molar-refractivity contribution is -0.137. The molecule has 0 spiro atoms. The number of hydrogen-bond donors (Lipinski definition) is 1. The average Bonchev–Trinajstić information content (AvgIpc) is 3.37. The molecule has 1 aromatic carbocycles. The first-order valence-electron chi connectivity index (χ1n) is 9.32. The van der Waals surface area contributed by atoms with Crippen molar-refractivity contribution in [2.75, 3.05) is 18.9 Å². The monoisotopic (exact) mass is 403 g/mol. The van der Waals surface area contributed by atoms with Gasteiger partial charge in [0.05, 0.1) is 11.6 Å². The van der Waals surface area contributed by atoms with Crippen molar-refractivity contribution < 1.29 is 17.7 Å². The summed E-state index contributed by atoms with van der Waals surface area (Å²) in [6, 6.07) is 8.92. The van der Waals surface area contributed by atoms with E-state index in [0.29, 0.717) is 18.3 Å². The summed E-state index contributed by atoms with van der Waals surface area (Å²) in [5.74, 6) is 1.73. The molecule has 1 aliphatic heterocycles. The fourth-order valence-corrected chi connectivity index (χ4v) is 3.49. The highest BCUT2D eigenvalue weighted by atomic mass is 19.4. The second kappa shape index (κ2) is 7.82. The predicted molar refractivity (Wildman–Crippen MR) is 101 cm³/mol. The first-order valence-corrected chi connectivity index (χ1v) is 9.32. The molecular formula is C20H20F3N5O. The van der Waals surface area contributed by atoms with E-state index in [4.69, 9.17) is 4.52 Å². The molecule has 1 atom stereocenters. The number of hydrogen-bond acceptors (Lipinski definition) is 6. The summed E-state index contributed by atoms with van der Waals surface area (Å²) >= 11 is 0. The Morgan fingerprint density at radius 2 is 1.97 bits per heavy atom. The van der Waals surface area contributed by atoms with Gasteiger partial charge in [-0.3, -0.25) is 4.90 Å². The SMILES string of the molecule is CNc1ccc(-c2noc([C@H]3CCCN3Cc3ccc(C(F)(F)F)cc3)n2)cn1. The molecule has 3 aromatic rings. The van der Waals surface area contributed by atoms with E-state index in [0.717, 1.165) is 48.5 Å². The van der Waals surface area contributed by atoms with Gasteiger partial charge in [-0.15, -0.1) is 0 Å². The van der Waals surface area contributed by atoms with E-state index in [1.165, 1.54) is 12.1 Å². The molecule has 1 saturated heterocycles. The van der Waals surface area contributed by atoms with Gasteiger partial charge in [0.15, 0.2) is 0 Å². The molecule has 0 bridgehead atoms. The molecule has 3 heterocycles. The van der Waals surface area contributed by atoms with Crippen molar-refractivity contribution >= 4 is 5.82 Å². The number of halogens is 3. The molecule has 9 heteroatoms. The van der Waals surface area contributed by atoms with Crippen LogP contribution in [-0.2, 0) is 12.7 Å². The van der Waals surface area contributed by atoms with Gasteiger partial charge in [0.25, 0.3) is 0 Å². The molecule has 2 aromatic heterocycles. The van der Waals surface area contributed by atoms with Gasteiger partial charge in [-0.05, 0) is 49.2 Å². The summed E-state index contributed by atoms with van der Waals surface area (Å²) in [7, 11) is 1.79. The Morgan fingerprint density at radius 1 is 1.17 bits per heavy atom. The van der Waals surface area contributed by atoms with E-state index >= 15 is 0 Å². The maximum atomic E-state index is 12.7. The summed E-state index contributed by atoms with van der Waals surface area (Å²) < 4.78 is 43.7. The van der Waals surface area contributed by atoms with E-state index in [-0.39, 0.29) is 6.04 Å². The van der Waals surface area contributed by atoms with E-state index < -0.39 is 11.7 Å². The number of benzene rings is 1. The van der Waals surface area contributed by atoms with E-state index in [1.807, 2.05) is 12.1 Å². The molecule has 29 heavy (non-hydrogen) atoms. The maximum Gasteiger partial charge on any atom is 0.416 e. The maximum absolute atomic E-state index is 12.7. The molecule has 0 radical (unpaired) electrons. The van der Waals surface area contributed by atoms with Gasteiger partial charge >= 0.3 is 6.18 Å². The molecular weight excluding hydrogens is 383 g/mol. The largest absolute Gasteiger partial charge is 0.416 e. The van der Waals surface area contributed by atoms with Crippen LogP contribution in [0.5, 0.6) is 0 Å². The molecule has 1 aliphatic rings. The van der Waals surface area contributed by atoms with Gasteiger partial charge in [-0.2, -0.15) is 18.2 Å². The van der Waals surface area contributed by atoms with Crippen LogP contribution in [0.4, 0.5) is 19.0 Å². The Morgan fingerprint density at radius 3 is 2.62 bits per heavy atom. The third-order valence-corrected chi connectivity index (χ3v) is 5.04. The van der Waals surface area contributed by atoms with Crippen LogP contribution in [0.2, 0.25) is 0 Å². The van der Waals surface area contributed by atoms with E-state index in [1.54, 1.807) is 13.2 Å². The molecule has 0 amide bonds. The fourth-order valence-electron chi connectivity index (χ4n) is 3.49. The van der Waals surface area contributed by atoms with Crippen LogP contribution in [0, 0.1) is 0 Å².